The molecule has 1 saturated heterocycles. The van der Waals surface area contributed by atoms with E-state index >= 15 is 0 Å². The number of nitrogens with two attached hydrogens (primary N) is 1. The molecule has 1 amide bonds. The van der Waals surface area contributed by atoms with Crippen LogP contribution in [0.5, 0.6) is 0 Å². The maximum atomic E-state index is 11.0. The lowest BCUT2D eigenvalue weighted by molar-refractivity contribution is 0.1000. The average Bonchev–Trinajstić information content (AvgIpc) is 2.30. The lowest BCUT2D eigenvalue weighted by atomic mass is 10.1. The minimum absolute atomic E-state index is 0.378. The fourth-order valence-corrected chi connectivity index (χ4v) is 1.97. The topological polar surface area (TPSA) is 55.6 Å². The number of morpholine rings is 1. The van der Waals surface area contributed by atoms with Crippen LogP contribution in [0.4, 0.5) is 5.69 Å². The summed E-state index contributed by atoms with van der Waals surface area (Å²) in [5.74, 6) is -0.378. The fraction of sp³-hybridized carbons (Fsp3) is 0.417. The lowest BCUT2D eigenvalue weighted by Gasteiger charge is -2.30. The molecule has 0 spiro atoms. The predicted octanol–water partition coefficient (Wildman–Crippen LogP) is 0.931. The van der Waals surface area contributed by atoms with Crippen LogP contribution in [0.1, 0.15) is 15.9 Å². The largest absolute Gasteiger partial charge is 0.378 e. The monoisotopic (exact) mass is 220 g/mol. The Morgan fingerprint density at radius 2 is 2.06 bits per heavy atom. The van der Waals surface area contributed by atoms with Gasteiger partial charge in [0.15, 0.2) is 0 Å². The minimum atomic E-state index is -0.378. The molecule has 1 aliphatic heterocycles. The number of hydrogen-bond acceptors (Lipinski definition) is 3. The van der Waals surface area contributed by atoms with Gasteiger partial charge in [-0.3, -0.25) is 4.79 Å². The molecule has 0 unspecified atom stereocenters. The highest BCUT2D eigenvalue weighted by Crippen LogP contribution is 2.22. The van der Waals surface area contributed by atoms with Crippen molar-refractivity contribution >= 4 is 11.6 Å². The summed E-state index contributed by atoms with van der Waals surface area (Å²) in [5.41, 5.74) is 8.05. The van der Waals surface area contributed by atoms with Crippen LogP contribution in [0.3, 0.4) is 0 Å². The van der Waals surface area contributed by atoms with Crippen molar-refractivity contribution < 1.29 is 9.53 Å². The quantitative estimate of drug-likeness (QED) is 0.806. The Bertz CT molecular complexity index is 398. The number of rotatable bonds is 2. The Morgan fingerprint density at radius 3 is 2.62 bits per heavy atom. The van der Waals surface area contributed by atoms with Crippen LogP contribution in [-0.2, 0) is 4.74 Å². The van der Waals surface area contributed by atoms with Crippen molar-refractivity contribution in [2.75, 3.05) is 31.2 Å². The first-order chi connectivity index (χ1) is 7.68. The number of nitrogens with zero attached hydrogens (tertiary/aromatic N) is 1. The van der Waals surface area contributed by atoms with E-state index in [0.29, 0.717) is 5.56 Å². The van der Waals surface area contributed by atoms with Gasteiger partial charge in [0.2, 0.25) is 5.91 Å². The van der Waals surface area contributed by atoms with Crippen molar-refractivity contribution in [2.45, 2.75) is 6.92 Å². The number of hydrogen-bond donors (Lipinski definition) is 1. The van der Waals surface area contributed by atoms with Crippen molar-refractivity contribution in [1.29, 1.82) is 0 Å². The number of carbonyl (C=O) groups is 1. The van der Waals surface area contributed by atoms with E-state index < -0.39 is 0 Å². The third kappa shape index (κ3) is 2.17. The van der Waals surface area contributed by atoms with E-state index in [1.165, 1.54) is 0 Å². The summed E-state index contributed by atoms with van der Waals surface area (Å²) in [6.45, 7) is 5.32. The van der Waals surface area contributed by atoms with Crippen LogP contribution < -0.4 is 10.6 Å². The highest BCUT2D eigenvalue weighted by atomic mass is 16.5. The zero-order valence-electron chi connectivity index (χ0n) is 9.40. The van der Waals surface area contributed by atoms with Gasteiger partial charge >= 0.3 is 0 Å². The second-order valence-electron chi connectivity index (χ2n) is 3.96. The van der Waals surface area contributed by atoms with Gasteiger partial charge in [-0.25, -0.2) is 0 Å². The number of anilines is 1. The summed E-state index contributed by atoms with van der Waals surface area (Å²) in [7, 11) is 0. The molecule has 0 saturated carbocycles. The smallest absolute Gasteiger partial charge is 0.248 e. The van der Waals surface area contributed by atoms with Gasteiger partial charge in [-0.1, -0.05) is 0 Å². The van der Waals surface area contributed by atoms with Crippen molar-refractivity contribution in [3.63, 3.8) is 0 Å². The van der Waals surface area contributed by atoms with Crippen LogP contribution in [0.2, 0.25) is 0 Å². The molecular formula is C12H16N2O2. The van der Waals surface area contributed by atoms with Gasteiger partial charge in [-0.05, 0) is 30.7 Å². The minimum Gasteiger partial charge on any atom is -0.378 e. The molecule has 2 N–H and O–H groups in total. The van der Waals surface area contributed by atoms with E-state index in [1.54, 1.807) is 6.07 Å². The molecular weight excluding hydrogens is 204 g/mol. The average molecular weight is 220 g/mol. The second kappa shape index (κ2) is 4.53. The van der Waals surface area contributed by atoms with E-state index in [2.05, 4.69) is 4.90 Å². The summed E-state index contributed by atoms with van der Waals surface area (Å²) in [4.78, 5) is 13.3. The van der Waals surface area contributed by atoms with Crippen molar-refractivity contribution in [3.05, 3.63) is 29.3 Å². The molecule has 4 nitrogen and oxygen atoms in total. The van der Waals surface area contributed by atoms with Crippen LogP contribution in [0, 0.1) is 6.92 Å². The number of primary amides is 1. The molecule has 2 rings (SSSR count). The molecule has 1 aromatic rings. The number of carbonyl (C=O) groups excluding carboxylic acids is 1. The molecule has 4 heteroatoms. The number of benzene rings is 1. The molecule has 0 bridgehead atoms. The maximum absolute atomic E-state index is 11.0. The van der Waals surface area contributed by atoms with E-state index in [4.69, 9.17) is 10.5 Å². The third-order valence-electron chi connectivity index (χ3n) is 2.83. The normalized spacial score (nSPS) is 16.2. The summed E-state index contributed by atoms with van der Waals surface area (Å²) in [6, 6.07) is 5.58. The van der Waals surface area contributed by atoms with Gasteiger partial charge in [0.25, 0.3) is 0 Å². The molecule has 0 atom stereocenters. The van der Waals surface area contributed by atoms with Gasteiger partial charge < -0.3 is 15.4 Å². The summed E-state index contributed by atoms with van der Waals surface area (Å²) < 4.78 is 5.31. The maximum Gasteiger partial charge on any atom is 0.248 e. The van der Waals surface area contributed by atoms with Crippen LogP contribution in [0.15, 0.2) is 18.2 Å². The molecule has 0 aromatic heterocycles. The first kappa shape index (κ1) is 11.0. The van der Waals surface area contributed by atoms with E-state index in [9.17, 15) is 4.79 Å². The number of ether oxygens (including phenoxy) is 1. The summed E-state index contributed by atoms with van der Waals surface area (Å²) >= 11 is 0. The predicted molar refractivity (Wildman–Crippen MR) is 62.7 cm³/mol. The Balaban J connectivity index is 2.24. The fourth-order valence-electron chi connectivity index (χ4n) is 1.97. The molecule has 1 heterocycles. The second-order valence-corrected chi connectivity index (χ2v) is 3.96. The molecule has 1 aliphatic rings. The van der Waals surface area contributed by atoms with E-state index in [1.807, 2.05) is 19.1 Å². The molecule has 0 radical (unpaired) electrons. The Labute approximate surface area is 95.0 Å². The molecule has 0 aliphatic carbocycles. The van der Waals surface area contributed by atoms with Gasteiger partial charge in [0.05, 0.1) is 13.2 Å². The van der Waals surface area contributed by atoms with E-state index in [0.717, 1.165) is 37.6 Å². The SMILES string of the molecule is Cc1cc(C(N)=O)ccc1N1CCOCC1. The summed E-state index contributed by atoms with van der Waals surface area (Å²) in [6.07, 6.45) is 0. The van der Waals surface area contributed by atoms with Gasteiger partial charge in [-0.15, -0.1) is 0 Å². The Hall–Kier alpha value is -1.55. The first-order valence-electron chi connectivity index (χ1n) is 5.41. The summed E-state index contributed by atoms with van der Waals surface area (Å²) in [5, 5.41) is 0. The zero-order chi connectivity index (χ0) is 11.5. The third-order valence-corrected chi connectivity index (χ3v) is 2.83. The van der Waals surface area contributed by atoms with Gasteiger partial charge in [-0.2, -0.15) is 0 Å². The van der Waals surface area contributed by atoms with Gasteiger partial charge in [0.1, 0.15) is 0 Å². The zero-order valence-corrected chi connectivity index (χ0v) is 9.40. The lowest BCUT2D eigenvalue weighted by Crippen LogP contribution is -2.36. The Morgan fingerprint density at radius 1 is 1.38 bits per heavy atom. The van der Waals surface area contributed by atoms with Crippen LogP contribution in [-0.4, -0.2) is 32.2 Å². The Kier molecular flexibility index (Phi) is 3.10. The molecule has 16 heavy (non-hydrogen) atoms. The molecule has 1 fully saturated rings. The number of aryl methyl sites for hydroxylation is 1. The van der Waals surface area contributed by atoms with Crippen LogP contribution >= 0.6 is 0 Å². The number of amides is 1. The highest BCUT2D eigenvalue weighted by Gasteiger charge is 2.13. The van der Waals surface area contributed by atoms with Gasteiger partial charge in [0, 0.05) is 24.3 Å². The molecule has 1 aromatic carbocycles. The van der Waals surface area contributed by atoms with Crippen molar-refractivity contribution in [2.24, 2.45) is 5.73 Å². The standard InChI is InChI=1S/C12H16N2O2/c1-9-8-10(12(13)15)2-3-11(9)14-4-6-16-7-5-14/h2-3,8H,4-7H2,1H3,(H2,13,15). The molecule has 86 valence electrons. The van der Waals surface area contributed by atoms with E-state index in [-0.39, 0.29) is 5.91 Å². The van der Waals surface area contributed by atoms with Crippen molar-refractivity contribution in [1.82, 2.24) is 0 Å². The first-order valence-corrected chi connectivity index (χ1v) is 5.41. The van der Waals surface area contributed by atoms with Crippen LogP contribution in [0.25, 0.3) is 0 Å². The van der Waals surface area contributed by atoms with Crippen molar-refractivity contribution in [3.8, 4) is 0 Å². The highest BCUT2D eigenvalue weighted by molar-refractivity contribution is 5.93.